The molecule has 0 heterocycles. The zero-order chi connectivity index (χ0) is 28.7. The number of carbonyl (C=O) groups is 2. The van der Waals surface area contributed by atoms with E-state index in [0.717, 1.165) is 4.31 Å². The lowest BCUT2D eigenvalue weighted by Crippen LogP contribution is -2.52. The van der Waals surface area contributed by atoms with E-state index in [1.807, 2.05) is 13.8 Å². The maximum absolute atomic E-state index is 14.0. The highest BCUT2D eigenvalue weighted by Crippen LogP contribution is 2.31. The van der Waals surface area contributed by atoms with Crippen molar-refractivity contribution in [3.63, 3.8) is 0 Å². The Balaban J connectivity index is 2.07. The van der Waals surface area contributed by atoms with E-state index in [1.54, 1.807) is 61.5 Å². The summed E-state index contributed by atoms with van der Waals surface area (Å²) in [4.78, 5) is 28.3. The Labute approximate surface area is 244 Å². The summed E-state index contributed by atoms with van der Waals surface area (Å²) >= 11 is 19.2. The minimum absolute atomic E-state index is 0.0130. The van der Waals surface area contributed by atoms with Gasteiger partial charge in [-0.15, -0.1) is 0 Å². The molecule has 0 aliphatic rings. The first kappa shape index (κ1) is 30.8. The Morgan fingerprint density at radius 2 is 1.41 bits per heavy atom. The van der Waals surface area contributed by atoms with Gasteiger partial charge in [-0.1, -0.05) is 78.1 Å². The zero-order valence-corrected chi connectivity index (χ0v) is 24.9. The van der Waals surface area contributed by atoms with Crippen LogP contribution < -0.4 is 9.62 Å². The second kappa shape index (κ2) is 13.5. The summed E-state index contributed by atoms with van der Waals surface area (Å²) in [6, 6.07) is 17.9. The molecule has 2 atom stereocenters. The first-order chi connectivity index (χ1) is 18.5. The predicted octanol–water partition coefficient (Wildman–Crippen LogP) is 6.17. The average Bonchev–Trinajstić information content (AvgIpc) is 2.92. The van der Waals surface area contributed by atoms with E-state index in [9.17, 15) is 18.0 Å². The highest BCUT2D eigenvalue weighted by molar-refractivity contribution is 7.92. The second-order valence-electron chi connectivity index (χ2n) is 8.99. The maximum Gasteiger partial charge on any atom is 0.264 e. The van der Waals surface area contributed by atoms with Gasteiger partial charge in [0, 0.05) is 28.2 Å². The van der Waals surface area contributed by atoms with Crippen LogP contribution in [0.2, 0.25) is 15.1 Å². The number of hydrogen-bond acceptors (Lipinski definition) is 4. The monoisotopic (exact) mass is 609 g/mol. The van der Waals surface area contributed by atoms with Crippen molar-refractivity contribution in [1.29, 1.82) is 0 Å². The number of para-hydroxylation sites is 1. The molecule has 2 amide bonds. The van der Waals surface area contributed by atoms with Crippen molar-refractivity contribution in [1.82, 2.24) is 10.2 Å². The Bertz CT molecular complexity index is 1400. The van der Waals surface area contributed by atoms with Crippen LogP contribution in [0, 0.1) is 0 Å². The number of benzene rings is 3. The van der Waals surface area contributed by atoms with Crippen molar-refractivity contribution in [3.8, 4) is 0 Å². The van der Waals surface area contributed by atoms with Gasteiger partial charge < -0.3 is 10.2 Å². The van der Waals surface area contributed by atoms with Gasteiger partial charge in [-0.05, 0) is 56.7 Å². The van der Waals surface area contributed by atoms with Crippen LogP contribution in [-0.2, 0) is 26.2 Å². The third-order valence-corrected chi connectivity index (χ3v) is 9.09. The second-order valence-corrected chi connectivity index (χ2v) is 12.1. The number of hydrogen-bond donors (Lipinski definition) is 1. The molecule has 208 valence electrons. The van der Waals surface area contributed by atoms with Gasteiger partial charge in [0.1, 0.15) is 12.6 Å². The largest absolute Gasteiger partial charge is 0.352 e. The summed E-state index contributed by atoms with van der Waals surface area (Å²) in [5, 5.41) is 3.65. The van der Waals surface area contributed by atoms with Crippen molar-refractivity contribution < 1.29 is 18.0 Å². The quantitative estimate of drug-likeness (QED) is 0.281. The lowest BCUT2D eigenvalue weighted by Gasteiger charge is -2.33. The van der Waals surface area contributed by atoms with E-state index >= 15 is 0 Å². The highest BCUT2D eigenvalue weighted by atomic mass is 35.5. The summed E-state index contributed by atoms with van der Waals surface area (Å²) in [7, 11) is -4.21. The van der Waals surface area contributed by atoms with Crippen molar-refractivity contribution in [2.24, 2.45) is 0 Å². The Morgan fingerprint density at radius 1 is 0.846 bits per heavy atom. The van der Waals surface area contributed by atoms with Crippen LogP contribution in [0.1, 0.15) is 32.8 Å². The molecule has 2 unspecified atom stereocenters. The fourth-order valence-corrected chi connectivity index (χ4v) is 6.05. The third-order valence-electron chi connectivity index (χ3n) is 6.29. The van der Waals surface area contributed by atoms with Crippen LogP contribution in [0.3, 0.4) is 0 Å². The third kappa shape index (κ3) is 7.45. The van der Waals surface area contributed by atoms with Crippen LogP contribution in [0.5, 0.6) is 0 Å². The minimum atomic E-state index is -4.21. The van der Waals surface area contributed by atoms with Crippen molar-refractivity contribution in [3.05, 3.63) is 93.4 Å². The normalized spacial score (nSPS) is 12.9. The molecule has 0 radical (unpaired) electrons. The molecule has 39 heavy (non-hydrogen) atoms. The Hall–Kier alpha value is -2.78. The molecule has 0 saturated carbocycles. The molecule has 0 fully saturated rings. The highest BCUT2D eigenvalue weighted by Gasteiger charge is 2.34. The average molecular weight is 611 g/mol. The fourth-order valence-electron chi connectivity index (χ4n) is 3.79. The molecular formula is C28H30Cl3N3O4S. The van der Waals surface area contributed by atoms with E-state index in [-0.39, 0.29) is 28.2 Å². The van der Waals surface area contributed by atoms with Gasteiger partial charge in [0.25, 0.3) is 10.0 Å². The number of amides is 2. The van der Waals surface area contributed by atoms with Crippen molar-refractivity contribution >= 4 is 62.3 Å². The number of anilines is 1. The summed E-state index contributed by atoms with van der Waals surface area (Å²) in [6.07, 6.45) is 0.693. The first-order valence-electron chi connectivity index (χ1n) is 12.3. The SMILES string of the molecule is CCC(C)NC(=O)C(C)N(Cc1c(Cl)cccc1Cl)C(=O)CN(c1ccccc1Cl)S(=O)(=O)c1ccccc1. The van der Waals surface area contributed by atoms with E-state index in [2.05, 4.69) is 5.32 Å². The fraction of sp³-hybridized carbons (Fsp3) is 0.286. The summed E-state index contributed by atoms with van der Waals surface area (Å²) < 4.78 is 28.5. The van der Waals surface area contributed by atoms with Crippen LogP contribution in [0.25, 0.3) is 0 Å². The number of rotatable bonds is 11. The molecule has 0 saturated heterocycles. The van der Waals surface area contributed by atoms with Crippen LogP contribution in [0.4, 0.5) is 5.69 Å². The van der Waals surface area contributed by atoms with E-state index in [1.165, 1.54) is 23.1 Å². The smallest absolute Gasteiger partial charge is 0.264 e. The molecule has 0 aliphatic carbocycles. The molecule has 7 nitrogen and oxygen atoms in total. The number of sulfonamides is 1. The Kier molecular flexibility index (Phi) is 10.7. The summed E-state index contributed by atoms with van der Waals surface area (Å²) in [5.74, 6) is -1.03. The van der Waals surface area contributed by atoms with Crippen LogP contribution in [-0.4, -0.2) is 43.8 Å². The predicted molar refractivity (Wildman–Crippen MR) is 157 cm³/mol. The molecule has 0 aromatic heterocycles. The Morgan fingerprint density at radius 3 is 2.00 bits per heavy atom. The summed E-state index contributed by atoms with van der Waals surface area (Å²) in [5.41, 5.74) is 0.566. The summed E-state index contributed by atoms with van der Waals surface area (Å²) in [6.45, 7) is 4.62. The molecule has 11 heteroatoms. The standard InChI is InChI=1S/C28H30Cl3N3O4S/c1-4-19(2)32-28(36)20(3)33(17-22-23(29)14-10-15-24(22)30)27(35)18-34(26-16-9-8-13-25(26)31)39(37,38)21-11-6-5-7-12-21/h5-16,19-20H,4,17-18H2,1-3H3,(H,32,36). The van der Waals surface area contributed by atoms with Gasteiger partial charge in [0.05, 0.1) is 15.6 Å². The van der Waals surface area contributed by atoms with Gasteiger partial charge in [0.15, 0.2) is 0 Å². The topological polar surface area (TPSA) is 86.8 Å². The molecule has 1 N–H and O–H groups in total. The van der Waals surface area contributed by atoms with Gasteiger partial charge in [0.2, 0.25) is 11.8 Å². The molecule has 0 bridgehead atoms. The van der Waals surface area contributed by atoms with E-state index in [0.29, 0.717) is 22.0 Å². The minimum Gasteiger partial charge on any atom is -0.352 e. The van der Waals surface area contributed by atoms with Crippen molar-refractivity contribution in [2.45, 2.75) is 50.7 Å². The van der Waals surface area contributed by atoms with Gasteiger partial charge in [-0.2, -0.15) is 0 Å². The van der Waals surface area contributed by atoms with Gasteiger partial charge in [-0.3, -0.25) is 13.9 Å². The van der Waals surface area contributed by atoms with Crippen molar-refractivity contribution in [2.75, 3.05) is 10.8 Å². The van der Waals surface area contributed by atoms with E-state index in [4.69, 9.17) is 34.8 Å². The van der Waals surface area contributed by atoms with Gasteiger partial charge >= 0.3 is 0 Å². The lowest BCUT2D eigenvalue weighted by molar-refractivity contribution is -0.139. The number of nitrogens with zero attached hydrogens (tertiary/aromatic N) is 2. The maximum atomic E-state index is 14.0. The number of halogens is 3. The molecule has 0 aliphatic heterocycles. The molecule has 0 spiro atoms. The van der Waals surface area contributed by atoms with E-state index < -0.39 is 34.4 Å². The lowest BCUT2D eigenvalue weighted by atomic mass is 10.1. The molecular weight excluding hydrogens is 581 g/mol. The number of nitrogens with one attached hydrogen (secondary N) is 1. The van der Waals surface area contributed by atoms with Crippen LogP contribution >= 0.6 is 34.8 Å². The zero-order valence-electron chi connectivity index (χ0n) is 21.8. The van der Waals surface area contributed by atoms with Crippen LogP contribution in [0.15, 0.2) is 77.7 Å². The van der Waals surface area contributed by atoms with Gasteiger partial charge in [-0.25, -0.2) is 8.42 Å². The molecule has 3 rings (SSSR count). The first-order valence-corrected chi connectivity index (χ1v) is 14.9. The number of carbonyl (C=O) groups excluding carboxylic acids is 2. The molecule has 3 aromatic rings. The molecule has 3 aromatic carbocycles.